The van der Waals surface area contributed by atoms with Crippen molar-refractivity contribution in [2.45, 2.75) is 13.8 Å². The molecule has 0 aliphatic heterocycles. The fourth-order valence-corrected chi connectivity index (χ4v) is 0.689. The lowest BCUT2D eigenvalue weighted by molar-refractivity contribution is -0.384. The number of carbonyl (C=O) groups is 1. The van der Waals surface area contributed by atoms with E-state index < -0.39 is 4.92 Å². The van der Waals surface area contributed by atoms with Crippen LogP contribution in [0.2, 0.25) is 5.02 Å². The van der Waals surface area contributed by atoms with Gasteiger partial charge in [0.1, 0.15) is 0 Å². The predicted molar refractivity (Wildman–Crippen MR) is 58.1 cm³/mol. The van der Waals surface area contributed by atoms with Gasteiger partial charge in [-0.05, 0) is 12.1 Å². The average molecular weight is 234 g/mol. The molecule has 1 N–H and O–H groups in total. The van der Waals surface area contributed by atoms with Crippen LogP contribution in [-0.4, -0.2) is 16.5 Å². The first-order valence-corrected chi connectivity index (χ1v) is 4.47. The van der Waals surface area contributed by atoms with Gasteiger partial charge in [-0.15, -0.1) is 0 Å². The van der Waals surface area contributed by atoms with Crippen molar-refractivity contribution < 1.29 is 14.8 Å². The van der Waals surface area contributed by atoms with Crippen molar-refractivity contribution in [2.24, 2.45) is 0 Å². The molecule has 0 amide bonds. The number of nitro groups is 1. The molecule has 0 unspecified atom stereocenters. The van der Waals surface area contributed by atoms with Crippen LogP contribution in [0, 0.1) is 10.1 Å². The third kappa shape index (κ3) is 8.70. The van der Waals surface area contributed by atoms with Crippen LogP contribution in [0.4, 0.5) is 5.69 Å². The van der Waals surface area contributed by atoms with Gasteiger partial charge in [0.25, 0.3) is 12.2 Å². The number of hydrogen-bond acceptors (Lipinski definition) is 3. The second kappa shape index (κ2) is 10.5. The zero-order valence-electron chi connectivity index (χ0n) is 8.38. The molecule has 15 heavy (non-hydrogen) atoms. The molecule has 1 aromatic rings. The summed E-state index contributed by atoms with van der Waals surface area (Å²) in [6.07, 6.45) is 0. The third-order valence-corrected chi connectivity index (χ3v) is 1.29. The van der Waals surface area contributed by atoms with Crippen LogP contribution in [0.25, 0.3) is 0 Å². The Morgan fingerprint density at radius 1 is 1.33 bits per heavy atom. The number of nitro benzene ring substituents is 1. The molecule has 0 aliphatic rings. The van der Waals surface area contributed by atoms with Crippen molar-refractivity contribution in [2.75, 3.05) is 0 Å². The molecular formula is C9H12ClNO4. The van der Waals surface area contributed by atoms with Crippen LogP contribution in [-0.2, 0) is 4.79 Å². The third-order valence-electron chi connectivity index (χ3n) is 1.04. The van der Waals surface area contributed by atoms with Crippen LogP contribution >= 0.6 is 11.6 Å². The summed E-state index contributed by atoms with van der Waals surface area (Å²) in [5.74, 6) is 0. The summed E-state index contributed by atoms with van der Waals surface area (Å²) in [6, 6.07) is 5.70. The Kier molecular flexibility index (Phi) is 11.0. The van der Waals surface area contributed by atoms with Gasteiger partial charge in [-0.25, -0.2) is 0 Å². The largest absolute Gasteiger partial charge is 0.483 e. The van der Waals surface area contributed by atoms with Gasteiger partial charge >= 0.3 is 0 Å². The van der Waals surface area contributed by atoms with Crippen LogP contribution in [0.3, 0.4) is 0 Å². The number of nitrogens with zero attached hydrogens (tertiary/aromatic N) is 1. The number of benzene rings is 1. The summed E-state index contributed by atoms with van der Waals surface area (Å²) >= 11 is 5.49. The zero-order chi connectivity index (χ0) is 12.3. The summed E-state index contributed by atoms with van der Waals surface area (Å²) in [4.78, 5) is 18.0. The first kappa shape index (κ1) is 15.8. The molecule has 0 saturated heterocycles. The summed E-state index contributed by atoms with van der Waals surface area (Å²) < 4.78 is 0. The Balaban J connectivity index is 0. The molecule has 0 radical (unpaired) electrons. The van der Waals surface area contributed by atoms with Gasteiger partial charge in [0.05, 0.1) is 4.92 Å². The highest BCUT2D eigenvalue weighted by Crippen LogP contribution is 2.14. The molecule has 1 aromatic carbocycles. The van der Waals surface area contributed by atoms with Crippen molar-refractivity contribution in [3.05, 3.63) is 39.4 Å². The van der Waals surface area contributed by atoms with E-state index in [0.29, 0.717) is 5.02 Å². The number of rotatable bonds is 1. The van der Waals surface area contributed by atoms with Crippen molar-refractivity contribution in [1.82, 2.24) is 0 Å². The SMILES string of the molecule is CC.O=CO.O=[N+]([O-])c1ccc(Cl)cc1. The van der Waals surface area contributed by atoms with Crippen molar-refractivity contribution in [3.8, 4) is 0 Å². The average Bonchev–Trinajstić information content (AvgIpc) is 2.22. The Labute approximate surface area is 92.4 Å². The maximum atomic E-state index is 10.1. The Hall–Kier alpha value is -1.62. The number of non-ortho nitro benzene ring substituents is 1. The van der Waals surface area contributed by atoms with E-state index in [9.17, 15) is 10.1 Å². The molecule has 84 valence electrons. The van der Waals surface area contributed by atoms with Crippen molar-refractivity contribution >= 4 is 23.8 Å². The van der Waals surface area contributed by atoms with Gasteiger partial charge in [0.15, 0.2) is 0 Å². The second-order valence-corrected chi connectivity index (χ2v) is 2.28. The summed E-state index contributed by atoms with van der Waals surface area (Å²) in [6.45, 7) is 3.75. The van der Waals surface area contributed by atoms with E-state index in [2.05, 4.69) is 0 Å². The molecule has 0 aliphatic carbocycles. The highest BCUT2D eigenvalue weighted by atomic mass is 35.5. The summed E-state index contributed by atoms with van der Waals surface area (Å²) in [5, 5.41) is 17.5. The minimum atomic E-state index is -0.462. The van der Waals surface area contributed by atoms with Crippen LogP contribution in [0.15, 0.2) is 24.3 Å². The van der Waals surface area contributed by atoms with Gasteiger partial charge < -0.3 is 5.11 Å². The molecule has 0 heterocycles. The van der Waals surface area contributed by atoms with E-state index in [4.69, 9.17) is 21.5 Å². The van der Waals surface area contributed by atoms with E-state index in [0.717, 1.165) is 0 Å². The lowest BCUT2D eigenvalue weighted by Crippen LogP contribution is -1.85. The summed E-state index contributed by atoms with van der Waals surface area (Å²) in [7, 11) is 0. The van der Waals surface area contributed by atoms with E-state index in [1.165, 1.54) is 24.3 Å². The number of halogens is 1. The minimum absolute atomic E-state index is 0.0596. The molecule has 1 rings (SSSR count). The molecule has 0 aromatic heterocycles. The van der Waals surface area contributed by atoms with Crippen LogP contribution in [0.5, 0.6) is 0 Å². The van der Waals surface area contributed by atoms with E-state index in [1.807, 2.05) is 13.8 Å². The monoisotopic (exact) mass is 233 g/mol. The lowest BCUT2D eigenvalue weighted by Gasteiger charge is -1.88. The zero-order valence-corrected chi connectivity index (χ0v) is 9.14. The van der Waals surface area contributed by atoms with E-state index in [-0.39, 0.29) is 12.2 Å². The molecular weight excluding hydrogens is 222 g/mol. The van der Waals surface area contributed by atoms with E-state index in [1.54, 1.807) is 0 Å². The smallest absolute Gasteiger partial charge is 0.290 e. The first-order valence-electron chi connectivity index (χ1n) is 4.09. The molecule has 0 fully saturated rings. The first-order chi connectivity index (χ1) is 7.11. The van der Waals surface area contributed by atoms with Gasteiger partial charge in [-0.3, -0.25) is 14.9 Å². The predicted octanol–water partition coefficient (Wildman–Crippen LogP) is 2.98. The fourth-order valence-electron chi connectivity index (χ4n) is 0.563. The second-order valence-electron chi connectivity index (χ2n) is 1.84. The van der Waals surface area contributed by atoms with Gasteiger partial charge in [0, 0.05) is 17.2 Å². The van der Waals surface area contributed by atoms with Crippen LogP contribution in [0.1, 0.15) is 13.8 Å². The number of hydrogen-bond donors (Lipinski definition) is 1. The highest BCUT2D eigenvalue weighted by molar-refractivity contribution is 6.30. The van der Waals surface area contributed by atoms with Gasteiger partial charge in [0.2, 0.25) is 0 Å². The molecule has 5 nitrogen and oxygen atoms in total. The highest BCUT2D eigenvalue weighted by Gasteiger charge is 2.01. The summed E-state index contributed by atoms with van der Waals surface area (Å²) in [5.41, 5.74) is 0.0596. The molecule has 0 atom stereocenters. The minimum Gasteiger partial charge on any atom is -0.483 e. The van der Waals surface area contributed by atoms with Crippen molar-refractivity contribution in [3.63, 3.8) is 0 Å². The maximum Gasteiger partial charge on any atom is 0.290 e. The van der Waals surface area contributed by atoms with Gasteiger partial charge in [-0.2, -0.15) is 0 Å². The molecule has 6 heteroatoms. The fraction of sp³-hybridized carbons (Fsp3) is 0.222. The molecule has 0 saturated carbocycles. The lowest BCUT2D eigenvalue weighted by atomic mass is 10.3. The quantitative estimate of drug-likeness (QED) is 0.459. The van der Waals surface area contributed by atoms with Crippen LogP contribution < -0.4 is 0 Å². The van der Waals surface area contributed by atoms with E-state index >= 15 is 0 Å². The normalized spacial score (nSPS) is 7.40. The topological polar surface area (TPSA) is 80.4 Å². The van der Waals surface area contributed by atoms with Gasteiger partial charge in [-0.1, -0.05) is 25.4 Å². The Morgan fingerprint density at radius 3 is 1.93 bits per heavy atom. The number of carboxylic acid groups (broad SMARTS) is 1. The Morgan fingerprint density at radius 2 is 1.67 bits per heavy atom. The van der Waals surface area contributed by atoms with Crippen molar-refractivity contribution in [1.29, 1.82) is 0 Å². The maximum absolute atomic E-state index is 10.1. The molecule has 0 bridgehead atoms. The molecule has 0 spiro atoms. The Bertz CT molecular complexity index is 287. The standard InChI is InChI=1S/C6H4ClNO2.C2H6.CH2O2/c7-5-1-3-6(4-2-5)8(9)10;1-2;2-1-3/h1-4H;1-2H3;1H,(H,2,3).